The first-order valence-corrected chi connectivity index (χ1v) is 5.59. The number of hydrogen-bond donors (Lipinski definition) is 2. The Kier molecular flexibility index (Phi) is 8.64. The highest BCUT2D eigenvalue weighted by molar-refractivity contribution is 5.66. The molecule has 0 amide bonds. The van der Waals surface area contributed by atoms with Gasteiger partial charge in [0.2, 0.25) is 0 Å². The summed E-state index contributed by atoms with van der Waals surface area (Å²) in [7, 11) is 0. The van der Waals surface area contributed by atoms with E-state index in [1.54, 1.807) is 0 Å². The van der Waals surface area contributed by atoms with Gasteiger partial charge in [0.15, 0.2) is 0 Å². The van der Waals surface area contributed by atoms with Crippen LogP contribution in [0, 0.1) is 5.92 Å². The van der Waals surface area contributed by atoms with Crippen LogP contribution in [-0.4, -0.2) is 24.2 Å². The summed E-state index contributed by atoms with van der Waals surface area (Å²) in [6.07, 6.45) is 4.43. The van der Waals surface area contributed by atoms with Crippen molar-refractivity contribution < 1.29 is 9.90 Å². The Balaban J connectivity index is 3.02. The first kappa shape index (κ1) is 13.4. The van der Waals surface area contributed by atoms with Crippen LogP contribution in [0.4, 0.5) is 0 Å². The molecule has 2 N–H and O–H groups in total. The molecular formula is C11H23NO2. The highest BCUT2D eigenvalue weighted by Crippen LogP contribution is 2.00. The molecule has 0 aliphatic rings. The molecule has 0 saturated heterocycles. The second kappa shape index (κ2) is 9.00. The maximum atomic E-state index is 10.2. The van der Waals surface area contributed by atoms with Gasteiger partial charge in [0.05, 0.1) is 0 Å². The quantitative estimate of drug-likeness (QED) is 0.563. The third-order valence-electron chi connectivity index (χ3n) is 2.43. The number of aliphatic carboxylic acids is 1. The molecule has 0 aliphatic carbocycles. The molecular weight excluding hydrogens is 178 g/mol. The molecule has 0 radical (unpaired) electrons. The fourth-order valence-corrected chi connectivity index (χ4v) is 1.20. The number of carboxylic acids is 1. The van der Waals surface area contributed by atoms with E-state index < -0.39 is 5.97 Å². The first-order chi connectivity index (χ1) is 6.66. The third-order valence-corrected chi connectivity index (χ3v) is 2.43. The van der Waals surface area contributed by atoms with Crippen LogP contribution < -0.4 is 5.32 Å². The molecule has 0 bridgehead atoms. The van der Waals surface area contributed by atoms with Crippen molar-refractivity contribution in [3.8, 4) is 0 Å². The van der Waals surface area contributed by atoms with Gasteiger partial charge in [-0.1, -0.05) is 26.7 Å². The number of rotatable bonds is 9. The largest absolute Gasteiger partial charge is 0.481 e. The molecule has 1 unspecified atom stereocenters. The van der Waals surface area contributed by atoms with E-state index in [4.69, 9.17) is 5.11 Å². The average molecular weight is 201 g/mol. The summed E-state index contributed by atoms with van der Waals surface area (Å²) in [6.45, 7) is 6.52. The van der Waals surface area contributed by atoms with Gasteiger partial charge < -0.3 is 10.4 Å². The molecule has 0 aromatic rings. The molecule has 3 nitrogen and oxygen atoms in total. The fourth-order valence-electron chi connectivity index (χ4n) is 1.20. The van der Waals surface area contributed by atoms with Crippen LogP contribution in [0.25, 0.3) is 0 Å². The number of hydrogen-bond acceptors (Lipinski definition) is 2. The van der Waals surface area contributed by atoms with Crippen LogP contribution in [0.1, 0.15) is 46.0 Å². The molecule has 0 rings (SSSR count). The molecule has 14 heavy (non-hydrogen) atoms. The van der Waals surface area contributed by atoms with E-state index in [1.807, 2.05) is 0 Å². The Morgan fingerprint density at radius 1 is 1.36 bits per heavy atom. The van der Waals surface area contributed by atoms with E-state index in [2.05, 4.69) is 19.2 Å². The molecule has 3 heteroatoms. The minimum Gasteiger partial charge on any atom is -0.481 e. The topological polar surface area (TPSA) is 49.3 Å². The van der Waals surface area contributed by atoms with E-state index in [9.17, 15) is 4.79 Å². The highest BCUT2D eigenvalue weighted by atomic mass is 16.4. The van der Waals surface area contributed by atoms with Gasteiger partial charge in [0, 0.05) is 6.42 Å². The lowest BCUT2D eigenvalue weighted by atomic mass is 10.1. The maximum absolute atomic E-state index is 10.2. The Labute approximate surface area is 86.9 Å². The molecule has 0 saturated carbocycles. The van der Waals surface area contributed by atoms with Gasteiger partial charge in [-0.15, -0.1) is 0 Å². The van der Waals surface area contributed by atoms with Crippen LogP contribution in [0.5, 0.6) is 0 Å². The Bertz CT molecular complexity index is 148. The van der Waals surface area contributed by atoms with Gasteiger partial charge in [-0.05, 0) is 31.8 Å². The second-order valence-corrected chi connectivity index (χ2v) is 3.92. The summed E-state index contributed by atoms with van der Waals surface area (Å²) >= 11 is 0. The lowest BCUT2D eigenvalue weighted by Crippen LogP contribution is -2.21. The zero-order valence-corrected chi connectivity index (χ0v) is 9.38. The van der Waals surface area contributed by atoms with Crippen LogP contribution in [0.2, 0.25) is 0 Å². The fraction of sp³-hybridized carbons (Fsp3) is 0.909. The Morgan fingerprint density at radius 3 is 2.64 bits per heavy atom. The molecule has 0 spiro atoms. The van der Waals surface area contributed by atoms with Gasteiger partial charge in [-0.3, -0.25) is 4.79 Å². The number of unbranched alkanes of at least 4 members (excludes halogenated alkanes) is 2. The van der Waals surface area contributed by atoms with Crippen molar-refractivity contribution >= 4 is 5.97 Å². The standard InChI is InChI=1S/C11H23NO2/c1-3-10(2)9-12-8-6-4-5-7-11(13)14/h10,12H,3-9H2,1-2H3,(H,13,14). The second-order valence-electron chi connectivity index (χ2n) is 3.92. The highest BCUT2D eigenvalue weighted by Gasteiger charge is 1.98. The van der Waals surface area contributed by atoms with Crippen LogP contribution in [-0.2, 0) is 4.79 Å². The van der Waals surface area contributed by atoms with Gasteiger partial charge in [-0.25, -0.2) is 0 Å². The lowest BCUT2D eigenvalue weighted by Gasteiger charge is -2.09. The lowest BCUT2D eigenvalue weighted by molar-refractivity contribution is -0.137. The maximum Gasteiger partial charge on any atom is 0.303 e. The smallest absolute Gasteiger partial charge is 0.303 e. The summed E-state index contributed by atoms with van der Waals surface area (Å²) < 4.78 is 0. The van der Waals surface area contributed by atoms with Crippen molar-refractivity contribution in [3.05, 3.63) is 0 Å². The summed E-state index contributed by atoms with van der Waals surface area (Å²) in [6, 6.07) is 0. The van der Waals surface area contributed by atoms with Crippen molar-refractivity contribution in [2.75, 3.05) is 13.1 Å². The summed E-state index contributed by atoms with van der Waals surface area (Å²) in [5.41, 5.74) is 0. The minimum absolute atomic E-state index is 0.311. The molecule has 0 aromatic heterocycles. The first-order valence-electron chi connectivity index (χ1n) is 5.59. The summed E-state index contributed by atoms with van der Waals surface area (Å²) in [4.78, 5) is 10.2. The van der Waals surface area contributed by atoms with Crippen LogP contribution in [0.3, 0.4) is 0 Å². The minimum atomic E-state index is -0.683. The summed E-state index contributed by atoms with van der Waals surface area (Å²) in [5.74, 6) is 0.0617. The molecule has 0 fully saturated rings. The zero-order valence-electron chi connectivity index (χ0n) is 9.38. The van der Waals surface area contributed by atoms with Crippen molar-refractivity contribution in [1.29, 1.82) is 0 Å². The van der Waals surface area contributed by atoms with Crippen molar-refractivity contribution in [1.82, 2.24) is 5.32 Å². The predicted molar refractivity (Wildman–Crippen MR) is 58.4 cm³/mol. The Morgan fingerprint density at radius 2 is 2.07 bits per heavy atom. The van der Waals surface area contributed by atoms with Gasteiger partial charge in [-0.2, -0.15) is 0 Å². The van der Waals surface area contributed by atoms with E-state index in [1.165, 1.54) is 6.42 Å². The van der Waals surface area contributed by atoms with Crippen molar-refractivity contribution in [3.63, 3.8) is 0 Å². The van der Waals surface area contributed by atoms with E-state index in [0.29, 0.717) is 6.42 Å². The normalized spacial score (nSPS) is 12.7. The molecule has 0 heterocycles. The number of carboxylic acid groups (broad SMARTS) is 1. The van der Waals surface area contributed by atoms with Gasteiger partial charge in [0.25, 0.3) is 0 Å². The molecule has 0 aromatic carbocycles. The van der Waals surface area contributed by atoms with E-state index in [0.717, 1.165) is 38.3 Å². The monoisotopic (exact) mass is 201 g/mol. The van der Waals surface area contributed by atoms with Gasteiger partial charge in [0.1, 0.15) is 0 Å². The van der Waals surface area contributed by atoms with E-state index in [-0.39, 0.29) is 0 Å². The average Bonchev–Trinajstić information content (AvgIpc) is 2.15. The third kappa shape index (κ3) is 9.52. The van der Waals surface area contributed by atoms with E-state index >= 15 is 0 Å². The number of carbonyl (C=O) groups is 1. The SMILES string of the molecule is CCC(C)CNCCCCCC(=O)O. The predicted octanol–water partition coefficient (Wildman–Crippen LogP) is 2.27. The number of nitrogens with one attached hydrogen (secondary N) is 1. The molecule has 0 aliphatic heterocycles. The zero-order chi connectivity index (χ0) is 10.8. The van der Waals surface area contributed by atoms with Crippen LogP contribution in [0.15, 0.2) is 0 Å². The summed E-state index contributed by atoms with van der Waals surface area (Å²) in [5, 5.41) is 11.8. The van der Waals surface area contributed by atoms with Crippen LogP contribution >= 0.6 is 0 Å². The Hall–Kier alpha value is -0.570. The molecule has 84 valence electrons. The van der Waals surface area contributed by atoms with Crippen molar-refractivity contribution in [2.45, 2.75) is 46.0 Å². The van der Waals surface area contributed by atoms with Crippen molar-refractivity contribution in [2.24, 2.45) is 5.92 Å². The molecule has 1 atom stereocenters. The van der Waals surface area contributed by atoms with Gasteiger partial charge >= 0.3 is 5.97 Å².